The van der Waals surface area contributed by atoms with Gasteiger partial charge in [0.05, 0.1) is 12.2 Å². The van der Waals surface area contributed by atoms with E-state index in [2.05, 4.69) is 13.8 Å². The number of hydrogen-bond donors (Lipinski definition) is 0. The molecule has 1 saturated heterocycles. The smallest absolute Gasteiger partial charge is 0.377 e. The molecule has 5 rings (SSSR count). The van der Waals surface area contributed by atoms with E-state index in [0.717, 1.165) is 32.1 Å². The summed E-state index contributed by atoms with van der Waals surface area (Å²) in [4.78, 5) is 38.1. The Kier molecular flexibility index (Phi) is 4.63. The first-order valence-electron chi connectivity index (χ1n) is 11.9. The summed E-state index contributed by atoms with van der Waals surface area (Å²) in [6.45, 7) is 8.17. The van der Waals surface area contributed by atoms with E-state index in [9.17, 15) is 14.4 Å². The van der Waals surface area contributed by atoms with E-state index in [0.29, 0.717) is 25.2 Å². The minimum atomic E-state index is -1.18. The summed E-state index contributed by atoms with van der Waals surface area (Å²) < 4.78 is 18.1. The van der Waals surface area contributed by atoms with Crippen molar-refractivity contribution >= 4 is 17.5 Å². The molecule has 170 valence electrons. The second kappa shape index (κ2) is 6.74. The van der Waals surface area contributed by atoms with Crippen LogP contribution in [0.5, 0.6) is 0 Å². The highest BCUT2D eigenvalue weighted by molar-refractivity contribution is 6.37. The standard InChI is InChI=1S/C25H34O6/c1-5-29-21(28)20(27)25-13-12-24(30-15(2)31-25)19-7-6-16-14-17(26)8-10-22(16,3)18(19)9-11-23(24,25)4/h14-15,18-19H,5-13H2,1-4H3/t15?,18-,19+,22-,23-,24+,25+/m0/s1. The minimum Gasteiger partial charge on any atom is -0.460 e. The van der Waals surface area contributed by atoms with E-state index in [1.165, 1.54) is 5.57 Å². The fourth-order valence-electron chi connectivity index (χ4n) is 8.35. The van der Waals surface area contributed by atoms with Crippen molar-refractivity contribution in [2.24, 2.45) is 22.7 Å². The fourth-order valence-corrected chi connectivity index (χ4v) is 8.35. The molecule has 31 heavy (non-hydrogen) atoms. The molecule has 7 atom stereocenters. The summed E-state index contributed by atoms with van der Waals surface area (Å²) in [5, 5.41) is 0. The number of carbonyl (C=O) groups is 3. The molecule has 0 amide bonds. The molecule has 4 aliphatic carbocycles. The zero-order valence-corrected chi connectivity index (χ0v) is 19.1. The van der Waals surface area contributed by atoms with Gasteiger partial charge in [0, 0.05) is 11.8 Å². The molecular weight excluding hydrogens is 396 g/mol. The third kappa shape index (κ3) is 2.49. The zero-order valence-electron chi connectivity index (χ0n) is 19.1. The maximum absolute atomic E-state index is 13.5. The molecule has 0 spiro atoms. The lowest BCUT2D eigenvalue weighted by atomic mass is 9.44. The van der Waals surface area contributed by atoms with Crippen LogP contribution in [0.1, 0.15) is 79.1 Å². The number of esters is 1. The van der Waals surface area contributed by atoms with Crippen LogP contribution in [0, 0.1) is 22.7 Å². The summed E-state index contributed by atoms with van der Waals surface area (Å²) in [6, 6.07) is 0. The molecule has 0 aromatic rings. The van der Waals surface area contributed by atoms with Gasteiger partial charge in [-0.1, -0.05) is 19.4 Å². The molecule has 5 aliphatic rings. The molecule has 3 saturated carbocycles. The van der Waals surface area contributed by atoms with Gasteiger partial charge in [0.1, 0.15) is 5.60 Å². The van der Waals surface area contributed by atoms with Gasteiger partial charge in [-0.25, -0.2) is 4.79 Å². The minimum absolute atomic E-state index is 0.00814. The van der Waals surface area contributed by atoms with E-state index in [1.807, 2.05) is 13.0 Å². The maximum Gasteiger partial charge on any atom is 0.377 e. The number of Topliss-reactive ketones (excluding diaryl/α,β-unsaturated/α-hetero) is 1. The molecule has 1 heterocycles. The van der Waals surface area contributed by atoms with Crippen LogP contribution in [-0.4, -0.2) is 41.6 Å². The molecule has 6 heteroatoms. The lowest BCUT2D eigenvalue weighted by Crippen LogP contribution is -2.72. The Labute approximate surface area is 184 Å². The van der Waals surface area contributed by atoms with Crippen LogP contribution in [0.25, 0.3) is 0 Å². The number of allylic oxidation sites excluding steroid dienone is 1. The molecular formula is C25H34O6. The van der Waals surface area contributed by atoms with Gasteiger partial charge in [-0.2, -0.15) is 0 Å². The zero-order chi connectivity index (χ0) is 22.2. The van der Waals surface area contributed by atoms with Crippen molar-refractivity contribution in [2.45, 2.75) is 96.6 Å². The Balaban J connectivity index is 1.58. The third-order valence-electron chi connectivity index (χ3n) is 9.79. The average molecular weight is 431 g/mol. The van der Waals surface area contributed by atoms with E-state index in [-0.39, 0.29) is 23.7 Å². The first-order valence-corrected chi connectivity index (χ1v) is 11.9. The van der Waals surface area contributed by atoms with Crippen LogP contribution >= 0.6 is 0 Å². The van der Waals surface area contributed by atoms with Gasteiger partial charge in [-0.15, -0.1) is 0 Å². The van der Waals surface area contributed by atoms with Crippen molar-refractivity contribution < 1.29 is 28.6 Å². The highest BCUT2D eigenvalue weighted by Crippen LogP contribution is 2.73. The van der Waals surface area contributed by atoms with Crippen molar-refractivity contribution in [3.8, 4) is 0 Å². The van der Waals surface area contributed by atoms with E-state index in [1.54, 1.807) is 6.92 Å². The summed E-state index contributed by atoms with van der Waals surface area (Å²) in [5.74, 6) is -0.390. The lowest BCUT2D eigenvalue weighted by Gasteiger charge is -2.66. The highest BCUT2D eigenvalue weighted by Gasteiger charge is 2.78. The molecule has 0 N–H and O–H groups in total. The van der Waals surface area contributed by atoms with Crippen LogP contribution in [0.2, 0.25) is 0 Å². The predicted octanol–water partition coefficient (Wildman–Crippen LogP) is 3.90. The SMILES string of the molecule is CCOC(=O)C(=O)[C@@]12CC[C@@]3(OC(C)O1)[C@@H]1CCC4=CC(=O)CC[C@]4(C)[C@H]1CC[C@]23C. The van der Waals surface area contributed by atoms with Crippen molar-refractivity contribution in [2.75, 3.05) is 6.61 Å². The summed E-state index contributed by atoms with van der Waals surface area (Å²) in [6.07, 6.45) is 7.63. The van der Waals surface area contributed by atoms with Gasteiger partial charge in [0.2, 0.25) is 0 Å². The van der Waals surface area contributed by atoms with Crippen LogP contribution in [-0.2, 0) is 28.6 Å². The average Bonchev–Trinajstić information content (AvgIpc) is 2.86. The Hall–Kier alpha value is -1.53. The Morgan fingerprint density at radius 1 is 1.06 bits per heavy atom. The maximum atomic E-state index is 13.5. The molecule has 0 aromatic heterocycles. The number of ketones is 2. The first kappa shape index (κ1) is 21.3. The van der Waals surface area contributed by atoms with Gasteiger partial charge in [-0.3, -0.25) is 9.59 Å². The van der Waals surface area contributed by atoms with E-state index >= 15 is 0 Å². The first-order chi connectivity index (χ1) is 14.6. The van der Waals surface area contributed by atoms with Crippen molar-refractivity contribution in [1.82, 2.24) is 0 Å². The van der Waals surface area contributed by atoms with Crippen LogP contribution in [0.3, 0.4) is 0 Å². The summed E-state index contributed by atoms with van der Waals surface area (Å²) in [7, 11) is 0. The molecule has 2 bridgehead atoms. The van der Waals surface area contributed by atoms with Gasteiger partial charge >= 0.3 is 5.97 Å². The van der Waals surface area contributed by atoms with Crippen LogP contribution in [0.15, 0.2) is 11.6 Å². The second-order valence-corrected chi connectivity index (χ2v) is 10.7. The highest BCUT2D eigenvalue weighted by atomic mass is 16.7. The van der Waals surface area contributed by atoms with Gasteiger partial charge < -0.3 is 14.2 Å². The summed E-state index contributed by atoms with van der Waals surface area (Å²) >= 11 is 0. The molecule has 1 unspecified atom stereocenters. The van der Waals surface area contributed by atoms with E-state index in [4.69, 9.17) is 14.2 Å². The van der Waals surface area contributed by atoms with Crippen LogP contribution in [0.4, 0.5) is 0 Å². The second-order valence-electron chi connectivity index (χ2n) is 10.7. The Morgan fingerprint density at radius 3 is 2.58 bits per heavy atom. The van der Waals surface area contributed by atoms with Crippen LogP contribution < -0.4 is 0 Å². The Bertz CT molecular complexity index is 877. The molecule has 6 nitrogen and oxygen atoms in total. The predicted molar refractivity (Wildman–Crippen MR) is 112 cm³/mol. The Morgan fingerprint density at radius 2 is 1.84 bits per heavy atom. The lowest BCUT2D eigenvalue weighted by molar-refractivity contribution is -0.363. The van der Waals surface area contributed by atoms with Gasteiger partial charge in [-0.05, 0) is 82.1 Å². The number of carbonyl (C=O) groups excluding carboxylic acids is 3. The van der Waals surface area contributed by atoms with E-state index < -0.39 is 34.7 Å². The van der Waals surface area contributed by atoms with Crippen molar-refractivity contribution in [3.63, 3.8) is 0 Å². The number of fused-ring (bicyclic) bond motifs is 3. The number of ether oxygens (including phenoxy) is 3. The number of hydrogen-bond acceptors (Lipinski definition) is 6. The van der Waals surface area contributed by atoms with Crippen molar-refractivity contribution in [3.05, 3.63) is 11.6 Å². The summed E-state index contributed by atoms with van der Waals surface area (Å²) in [5.41, 5.74) is -0.932. The quantitative estimate of drug-likeness (QED) is 0.499. The topological polar surface area (TPSA) is 78.9 Å². The monoisotopic (exact) mass is 430 g/mol. The van der Waals surface area contributed by atoms with Crippen molar-refractivity contribution in [1.29, 1.82) is 0 Å². The third-order valence-corrected chi connectivity index (χ3v) is 9.79. The molecule has 0 aromatic carbocycles. The number of rotatable bonds is 3. The fraction of sp³-hybridized carbons (Fsp3) is 0.800. The normalized spacial score (nSPS) is 48.2. The van der Waals surface area contributed by atoms with Gasteiger partial charge in [0.25, 0.3) is 5.78 Å². The largest absolute Gasteiger partial charge is 0.460 e. The molecule has 1 aliphatic heterocycles. The molecule has 4 fully saturated rings. The van der Waals surface area contributed by atoms with Gasteiger partial charge in [0.15, 0.2) is 12.1 Å². The molecule has 0 radical (unpaired) electrons.